The van der Waals surface area contributed by atoms with E-state index in [9.17, 15) is 5.11 Å². The lowest BCUT2D eigenvalue weighted by Gasteiger charge is -2.06. The van der Waals surface area contributed by atoms with Crippen molar-refractivity contribution in [2.24, 2.45) is 0 Å². The van der Waals surface area contributed by atoms with Gasteiger partial charge < -0.3 is 5.11 Å². The van der Waals surface area contributed by atoms with Gasteiger partial charge in [-0.15, -0.1) is 10.2 Å². The van der Waals surface area contributed by atoms with Gasteiger partial charge in [0.25, 0.3) is 0 Å². The van der Waals surface area contributed by atoms with E-state index in [1.165, 1.54) is 0 Å². The lowest BCUT2D eigenvalue weighted by Crippen LogP contribution is -2.14. The summed E-state index contributed by atoms with van der Waals surface area (Å²) in [6.07, 6.45) is 0. The van der Waals surface area contributed by atoms with E-state index in [1.807, 2.05) is 24.3 Å². The second-order valence-electron chi connectivity index (χ2n) is 4.19. The fraction of sp³-hybridized carbons (Fsp3) is 0.231. The summed E-state index contributed by atoms with van der Waals surface area (Å²) < 4.78 is 0. The standard InChI is InChI=1S/C13H11ClN2O/c1-13(2,17)8-7-11-12(14)9-5-3-4-6-10(9)15-16-11/h3-6,17H,1-2H3. The molecule has 2 aromatic rings. The summed E-state index contributed by atoms with van der Waals surface area (Å²) >= 11 is 6.18. The molecule has 1 heterocycles. The number of aromatic nitrogens is 2. The van der Waals surface area contributed by atoms with Gasteiger partial charge in [-0.2, -0.15) is 0 Å². The van der Waals surface area contributed by atoms with Gasteiger partial charge in [-0.25, -0.2) is 0 Å². The predicted octanol–water partition coefficient (Wildman–Crippen LogP) is 2.41. The van der Waals surface area contributed by atoms with E-state index in [4.69, 9.17) is 11.6 Å². The van der Waals surface area contributed by atoms with E-state index in [0.717, 1.165) is 10.9 Å². The van der Waals surface area contributed by atoms with E-state index in [1.54, 1.807) is 13.8 Å². The Morgan fingerprint density at radius 3 is 2.65 bits per heavy atom. The monoisotopic (exact) mass is 246 g/mol. The highest BCUT2D eigenvalue weighted by atomic mass is 35.5. The van der Waals surface area contributed by atoms with Crippen LogP contribution in [0.2, 0.25) is 5.02 Å². The molecule has 2 rings (SSSR count). The Morgan fingerprint density at radius 2 is 1.94 bits per heavy atom. The van der Waals surface area contributed by atoms with Crippen LogP contribution in [0.5, 0.6) is 0 Å². The molecule has 0 aliphatic heterocycles. The molecule has 1 N–H and O–H groups in total. The third-order valence-electron chi connectivity index (χ3n) is 2.09. The van der Waals surface area contributed by atoms with E-state index in [2.05, 4.69) is 22.0 Å². The highest BCUT2D eigenvalue weighted by Gasteiger charge is 2.09. The largest absolute Gasteiger partial charge is 0.378 e. The summed E-state index contributed by atoms with van der Waals surface area (Å²) in [5.41, 5.74) is 0.0372. The van der Waals surface area contributed by atoms with Gasteiger partial charge in [0, 0.05) is 5.39 Å². The van der Waals surface area contributed by atoms with Gasteiger partial charge in [-0.3, -0.25) is 0 Å². The first kappa shape index (κ1) is 11.8. The van der Waals surface area contributed by atoms with Gasteiger partial charge in [0.05, 0.1) is 10.5 Å². The third-order valence-corrected chi connectivity index (χ3v) is 2.48. The van der Waals surface area contributed by atoms with Crippen molar-refractivity contribution >= 4 is 22.5 Å². The Kier molecular flexibility index (Phi) is 3.01. The summed E-state index contributed by atoms with van der Waals surface area (Å²) in [6.45, 7) is 3.20. The van der Waals surface area contributed by atoms with Crippen LogP contribution in [0.1, 0.15) is 19.5 Å². The molecule has 1 aromatic carbocycles. The number of hydrogen-bond acceptors (Lipinski definition) is 3. The molecule has 0 saturated heterocycles. The van der Waals surface area contributed by atoms with Crippen LogP contribution in [0.25, 0.3) is 10.9 Å². The minimum atomic E-state index is -1.07. The lowest BCUT2D eigenvalue weighted by molar-refractivity contribution is 0.143. The van der Waals surface area contributed by atoms with Crippen LogP contribution < -0.4 is 0 Å². The molecule has 0 unspecified atom stereocenters. The fourth-order valence-electron chi connectivity index (χ4n) is 1.31. The molecule has 0 saturated carbocycles. The lowest BCUT2D eigenvalue weighted by atomic mass is 10.1. The first-order chi connectivity index (χ1) is 7.97. The van der Waals surface area contributed by atoms with Crippen molar-refractivity contribution in [3.63, 3.8) is 0 Å². The second kappa shape index (κ2) is 4.33. The third kappa shape index (κ3) is 2.73. The Morgan fingerprint density at radius 1 is 1.24 bits per heavy atom. The first-order valence-corrected chi connectivity index (χ1v) is 5.52. The zero-order chi connectivity index (χ0) is 12.5. The number of hydrogen-bond donors (Lipinski definition) is 1. The maximum Gasteiger partial charge on any atom is 0.155 e. The Balaban J connectivity index is 2.56. The number of nitrogens with zero attached hydrogens (tertiary/aromatic N) is 2. The van der Waals surface area contributed by atoms with Gasteiger partial charge in [-0.1, -0.05) is 35.7 Å². The molecule has 0 fully saturated rings. The summed E-state index contributed by atoms with van der Waals surface area (Å²) in [5, 5.41) is 18.8. The quantitative estimate of drug-likeness (QED) is 0.726. The Labute approximate surface area is 104 Å². The average molecular weight is 247 g/mol. The molecule has 0 aliphatic rings. The zero-order valence-corrected chi connectivity index (χ0v) is 10.3. The highest BCUT2D eigenvalue weighted by molar-refractivity contribution is 6.36. The maximum atomic E-state index is 9.52. The number of fused-ring (bicyclic) bond motifs is 1. The molecule has 0 bridgehead atoms. The molecule has 1 aromatic heterocycles. The van der Waals surface area contributed by atoms with Crippen LogP contribution in [0.3, 0.4) is 0 Å². The molecule has 0 aliphatic carbocycles. The topological polar surface area (TPSA) is 46.0 Å². The van der Waals surface area contributed by atoms with E-state index < -0.39 is 5.60 Å². The van der Waals surface area contributed by atoms with Crippen LogP contribution >= 0.6 is 11.6 Å². The zero-order valence-electron chi connectivity index (χ0n) is 9.53. The fourth-order valence-corrected chi connectivity index (χ4v) is 1.56. The van der Waals surface area contributed by atoms with Crippen LogP contribution in [-0.2, 0) is 0 Å². The molecule has 0 amide bonds. The van der Waals surface area contributed by atoms with Crippen molar-refractivity contribution in [3.05, 3.63) is 35.0 Å². The summed E-state index contributed by atoms with van der Waals surface area (Å²) in [5.74, 6) is 5.40. The summed E-state index contributed by atoms with van der Waals surface area (Å²) in [4.78, 5) is 0. The molecule has 4 heteroatoms. The highest BCUT2D eigenvalue weighted by Crippen LogP contribution is 2.23. The van der Waals surface area contributed by atoms with Gasteiger partial charge in [0.1, 0.15) is 5.60 Å². The summed E-state index contributed by atoms with van der Waals surface area (Å²) in [7, 11) is 0. The molecule has 0 radical (unpaired) electrons. The molecular formula is C13H11ClN2O. The van der Waals surface area contributed by atoms with Crippen molar-refractivity contribution < 1.29 is 5.11 Å². The van der Waals surface area contributed by atoms with Crippen LogP contribution in [0.15, 0.2) is 24.3 Å². The molecule has 17 heavy (non-hydrogen) atoms. The van der Waals surface area contributed by atoms with Crippen molar-refractivity contribution in [2.75, 3.05) is 0 Å². The van der Waals surface area contributed by atoms with Gasteiger partial charge in [-0.05, 0) is 25.8 Å². The van der Waals surface area contributed by atoms with Gasteiger partial charge >= 0.3 is 0 Å². The minimum absolute atomic E-state index is 0.382. The predicted molar refractivity (Wildman–Crippen MR) is 67.7 cm³/mol. The Bertz CT molecular complexity index is 621. The van der Waals surface area contributed by atoms with Gasteiger partial charge in [0.2, 0.25) is 0 Å². The smallest absolute Gasteiger partial charge is 0.155 e. The SMILES string of the molecule is CC(C)(O)C#Cc1nnc2ccccc2c1Cl. The average Bonchev–Trinajstić information content (AvgIpc) is 2.27. The number of benzene rings is 1. The van der Waals surface area contributed by atoms with Crippen molar-refractivity contribution in [1.29, 1.82) is 0 Å². The van der Waals surface area contributed by atoms with Crippen LogP contribution in [0, 0.1) is 11.8 Å². The van der Waals surface area contributed by atoms with Crippen LogP contribution in [-0.4, -0.2) is 20.9 Å². The molecule has 0 atom stereocenters. The maximum absolute atomic E-state index is 9.52. The van der Waals surface area contributed by atoms with Crippen molar-refractivity contribution in [2.45, 2.75) is 19.4 Å². The number of aliphatic hydroxyl groups is 1. The molecule has 0 spiro atoms. The van der Waals surface area contributed by atoms with Crippen molar-refractivity contribution in [3.8, 4) is 11.8 Å². The molecule has 3 nitrogen and oxygen atoms in total. The van der Waals surface area contributed by atoms with E-state index in [-0.39, 0.29) is 0 Å². The first-order valence-electron chi connectivity index (χ1n) is 5.14. The van der Waals surface area contributed by atoms with Crippen LogP contribution in [0.4, 0.5) is 0 Å². The molecular weight excluding hydrogens is 236 g/mol. The minimum Gasteiger partial charge on any atom is -0.378 e. The van der Waals surface area contributed by atoms with E-state index >= 15 is 0 Å². The van der Waals surface area contributed by atoms with E-state index in [0.29, 0.717) is 10.7 Å². The normalized spacial score (nSPS) is 11.1. The number of rotatable bonds is 0. The second-order valence-corrected chi connectivity index (χ2v) is 4.57. The van der Waals surface area contributed by atoms with Gasteiger partial charge in [0.15, 0.2) is 5.69 Å². The Hall–Kier alpha value is -1.63. The molecule has 86 valence electrons. The van der Waals surface area contributed by atoms with Crippen molar-refractivity contribution in [1.82, 2.24) is 10.2 Å². The number of halogens is 1. The summed E-state index contributed by atoms with van der Waals surface area (Å²) in [6, 6.07) is 7.45.